The lowest BCUT2D eigenvalue weighted by molar-refractivity contribution is 0.00327. The van der Waals surface area contributed by atoms with Crippen LogP contribution in [0.4, 0.5) is 29.1 Å². The minimum Gasteiger partial charge on any atom is -0.508 e. The van der Waals surface area contributed by atoms with Crippen molar-refractivity contribution in [1.29, 1.82) is 0 Å². The van der Waals surface area contributed by atoms with Crippen LogP contribution >= 0.6 is 0 Å². The van der Waals surface area contributed by atoms with Crippen molar-refractivity contribution in [3.63, 3.8) is 0 Å². The van der Waals surface area contributed by atoms with Gasteiger partial charge in [0, 0.05) is 24.4 Å². The Morgan fingerprint density at radius 2 is 1.83 bits per heavy atom. The Labute approximate surface area is 267 Å². The van der Waals surface area contributed by atoms with Gasteiger partial charge >= 0.3 is 6.01 Å². The van der Waals surface area contributed by atoms with Gasteiger partial charge in [0.05, 0.1) is 37.2 Å². The zero-order valence-electron chi connectivity index (χ0n) is 27.0. The Morgan fingerprint density at radius 3 is 2.52 bits per heavy atom. The summed E-state index contributed by atoms with van der Waals surface area (Å²) in [5.41, 5.74) is 1.09. The first-order chi connectivity index (χ1) is 22.1. The van der Waals surface area contributed by atoms with E-state index in [2.05, 4.69) is 28.8 Å². The van der Waals surface area contributed by atoms with E-state index in [1.807, 2.05) is 6.92 Å². The van der Waals surface area contributed by atoms with Crippen LogP contribution in [0, 0.1) is 5.82 Å². The number of benzene rings is 2. The first kappa shape index (κ1) is 33.7. The third-order valence-corrected chi connectivity index (χ3v) is 9.56. The number of carbonyl (C=O) groups is 1. The van der Waals surface area contributed by atoms with Crippen molar-refractivity contribution in [2.24, 2.45) is 0 Å². The lowest BCUT2D eigenvalue weighted by atomic mass is 9.92. The molecule has 1 amide bonds. The summed E-state index contributed by atoms with van der Waals surface area (Å²) >= 11 is 0. The van der Waals surface area contributed by atoms with Gasteiger partial charge in [0.1, 0.15) is 29.6 Å². The Kier molecular flexibility index (Phi) is 9.95. The van der Waals surface area contributed by atoms with Crippen LogP contribution in [-0.2, 0) is 13.0 Å². The quantitative estimate of drug-likeness (QED) is 0.263. The maximum Gasteiger partial charge on any atom is 0.318 e. The molecule has 12 heteroatoms. The first-order valence-electron chi connectivity index (χ1n) is 16.1. The summed E-state index contributed by atoms with van der Waals surface area (Å²) < 4.78 is 60.5. The lowest BCUT2D eigenvalue weighted by Gasteiger charge is -2.35. The summed E-state index contributed by atoms with van der Waals surface area (Å²) in [6.45, 7) is 5.03. The molecule has 4 heterocycles. The minimum absolute atomic E-state index is 0.00249. The molecule has 0 saturated carbocycles. The minimum atomic E-state index is -2.94. The van der Waals surface area contributed by atoms with E-state index in [1.54, 1.807) is 6.07 Å². The Bertz CT molecular complexity index is 1590. The molecule has 0 aliphatic carbocycles. The number of nitrogens with zero attached hydrogens (tertiary/aromatic N) is 5. The van der Waals surface area contributed by atoms with Crippen molar-refractivity contribution in [3.8, 4) is 11.8 Å². The molecule has 3 aliphatic heterocycles. The highest BCUT2D eigenvalue weighted by atomic mass is 19.3. The number of anilines is 2. The van der Waals surface area contributed by atoms with E-state index in [1.165, 1.54) is 28.0 Å². The van der Waals surface area contributed by atoms with Crippen molar-refractivity contribution in [2.45, 2.75) is 83.2 Å². The van der Waals surface area contributed by atoms with Gasteiger partial charge < -0.3 is 19.6 Å². The molecule has 1 aromatic heterocycles. The normalized spacial score (nSPS) is 21.3. The fourth-order valence-electron chi connectivity index (χ4n) is 7.30. The highest BCUT2D eigenvalue weighted by molar-refractivity contribution is 6.16. The van der Waals surface area contributed by atoms with Gasteiger partial charge in [-0.1, -0.05) is 26.3 Å². The highest BCUT2D eigenvalue weighted by Crippen LogP contribution is 2.42. The number of aryl methyl sites for hydroxylation is 1. The predicted octanol–water partition coefficient (Wildman–Crippen LogP) is 7.05. The molecule has 6 rings (SSSR count). The van der Waals surface area contributed by atoms with Crippen molar-refractivity contribution in [2.75, 3.05) is 50.3 Å². The molecule has 3 aliphatic rings. The van der Waals surface area contributed by atoms with Crippen LogP contribution in [0.1, 0.15) is 80.4 Å². The van der Waals surface area contributed by atoms with Crippen LogP contribution in [0.5, 0.6) is 11.8 Å². The van der Waals surface area contributed by atoms with Crippen molar-refractivity contribution < 1.29 is 32.2 Å². The monoisotopic (exact) mass is 645 g/mol. The summed E-state index contributed by atoms with van der Waals surface area (Å²) in [6.07, 6.45) is 4.99. The van der Waals surface area contributed by atoms with Gasteiger partial charge in [-0.25, -0.2) is 13.2 Å². The highest BCUT2D eigenvalue weighted by Gasteiger charge is 2.42. The second-order valence-electron chi connectivity index (χ2n) is 12.5. The fraction of sp³-hybridized carbons (Fsp3) is 0.559. The molecule has 3 aromatic rings. The number of halogens is 4. The number of aromatic nitrogens is 2. The van der Waals surface area contributed by atoms with Gasteiger partial charge in [-0.15, -0.1) is 0 Å². The smallest absolute Gasteiger partial charge is 0.318 e. The molecule has 1 N–H and O–H groups in total. The number of phenols is 1. The fourth-order valence-corrected chi connectivity index (χ4v) is 7.30. The molecular formula is C34H43F4N5O3. The van der Waals surface area contributed by atoms with Crippen LogP contribution in [0.2, 0.25) is 0 Å². The largest absolute Gasteiger partial charge is 0.508 e. The first-order valence-corrected chi connectivity index (χ1v) is 16.1. The summed E-state index contributed by atoms with van der Waals surface area (Å²) in [4.78, 5) is 28.8. The lowest BCUT2D eigenvalue weighted by Crippen LogP contribution is -2.46. The van der Waals surface area contributed by atoms with E-state index in [4.69, 9.17) is 4.74 Å². The average Bonchev–Trinajstić information content (AvgIpc) is 3.49. The van der Waals surface area contributed by atoms with E-state index in [0.29, 0.717) is 67.3 Å². The molecule has 1 atom stereocenters. The van der Waals surface area contributed by atoms with E-state index < -0.39 is 24.2 Å². The third-order valence-electron chi connectivity index (χ3n) is 9.56. The Morgan fingerprint density at radius 1 is 1.04 bits per heavy atom. The van der Waals surface area contributed by atoms with E-state index in [9.17, 15) is 27.5 Å². The van der Waals surface area contributed by atoms with Crippen molar-refractivity contribution in [1.82, 2.24) is 14.9 Å². The van der Waals surface area contributed by atoms with Gasteiger partial charge in [-0.3, -0.25) is 14.1 Å². The van der Waals surface area contributed by atoms with Gasteiger partial charge in [0.25, 0.3) is 11.8 Å². The van der Waals surface area contributed by atoms with Gasteiger partial charge in [-0.2, -0.15) is 9.97 Å². The summed E-state index contributed by atoms with van der Waals surface area (Å²) in [6, 6.07) is 5.96. The number of likely N-dealkylation sites (tertiary alicyclic amines) is 1. The van der Waals surface area contributed by atoms with Gasteiger partial charge in [-0.05, 0) is 75.2 Å². The maximum absolute atomic E-state index is 15.0. The topological polar surface area (TPSA) is 82.0 Å². The van der Waals surface area contributed by atoms with Crippen molar-refractivity contribution >= 4 is 28.2 Å². The third kappa shape index (κ3) is 6.32. The number of amides is 1. The molecule has 1 unspecified atom stereocenters. The zero-order chi connectivity index (χ0) is 33.2. The molecule has 2 aromatic carbocycles. The second kappa shape index (κ2) is 13.6. The SMILES string of the molecule is CCCC1(COc2nc3c(c(N4CCCCC(F)(F)C4)n2)C(=O)N(c2cc(O)cc4ccc(F)c(CC)c24)C3)CCCN1C.CF. The number of carbonyl (C=O) groups excluding carboxylic acids is 1. The van der Waals surface area contributed by atoms with Gasteiger partial charge in [0.15, 0.2) is 0 Å². The number of aromatic hydroxyl groups is 1. The molecule has 0 radical (unpaired) electrons. The molecule has 250 valence electrons. The molecular weight excluding hydrogens is 602 g/mol. The van der Waals surface area contributed by atoms with Crippen LogP contribution < -0.4 is 14.5 Å². The Balaban J connectivity index is 0.00000204. The number of hydrogen-bond acceptors (Lipinski definition) is 7. The van der Waals surface area contributed by atoms with E-state index >= 15 is 0 Å². The average molecular weight is 646 g/mol. The summed E-state index contributed by atoms with van der Waals surface area (Å²) in [7, 11) is 2.59. The maximum atomic E-state index is 15.0. The number of hydrogen-bond donors (Lipinski definition) is 1. The van der Waals surface area contributed by atoms with Crippen LogP contribution in [0.25, 0.3) is 10.8 Å². The molecule has 46 heavy (non-hydrogen) atoms. The molecule has 0 bridgehead atoms. The van der Waals surface area contributed by atoms with Crippen LogP contribution in [0.3, 0.4) is 0 Å². The van der Waals surface area contributed by atoms with E-state index in [0.717, 1.165) is 32.2 Å². The second-order valence-corrected chi connectivity index (χ2v) is 12.5. The van der Waals surface area contributed by atoms with Gasteiger partial charge in [0.2, 0.25) is 0 Å². The zero-order valence-corrected chi connectivity index (χ0v) is 27.0. The molecule has 0 spiro atoms. The number of rotatable bonds is 8. The molecule has 8 nitrogen and oxygen atoms in total. The summed E-state index contributed by atoms with van der Waals surface area (Å²) in [5, 5.41) is 11.7. The number of alkyl halides is 3. The number of fused-ring (bicyclic) bond motifs is 2. The predicted molar refractivity (Wildman–Crippen MR) is 171 cm³/mol. The number of ether oxygens (including phenoxy) is 1. The van der Waals surface area contributed by atoms with E-state index in [-0.39, 0.29) is 41.6 Å². The Hall–Kier alpha value is -3.67. The van der Waals surface area contributed by atoms with Crippen molar-refractivity contribution in [3.05, 3.63) is 46.9 Å². The standard InChI is InChI=1S/C33H40F3N5O3.CH3F/c1-4-11-32(12-8-14-39(32)3)20-44-31-37-25-18-41(26-17-22(42)16-21-9-10-24(34)23(5-2)27(21)26)30(43)28(25)29(38-31)40-15-7-6-13-33(35,36)19-40;1-2/h9-10,16-17,42H,4-8,11-15,18-20H2,1-3H3;1H3. The number of phenolic OH excluding ortho intramolecular Hbond substituents is 1. The molecule has 2 saturated heterocycles. The molecule has 2 fully saturated rings. The van der Waals surface area contributed by atoms with Crippen LogP contribution in [0.15, 0.2) is 24.3 Å². The van der Waals surface area contributed by atoms with Crippen LogP contribution in [-0.4, -0.2) is 77.8 Å². The summed E-state index contributed by atoms with van der Waals surface area (Å²) in [5.74, 6) is -3.77. The number of likely N-dealkylation sites (N-methyl/N-ethyl adjacent to an activating group) is 1.